The summed E-state index contributed by atoms with van der Waals surface area (Å²) < 4.78 is 7.76. The van der Waals surface area contributed by atoms with Gasteiger partial charge in [-0.15, -0.1) is 0 Å². The molecule has 12 rings (SSSR count). The Kier molecular flexibility index (Phi) is 10.4. The van der Waals surface area contributed by atoms with Crippen LogP contribution in [-0.4, -0.2) is 6.71 Å². The fourth-order valence-electron chi connectivity index (χ4n) is 14.3. The summed E-state index contributed by atoms with van der Waals surface area (Å²) in [5, 5.41) is 1.22. The summed E-state index contributed by atoms with van der Waals surface area (Å²) in [5.41, 5.74) is 26.1. The molecular formula is C70H83BN2O. The maximum atomic E-state index is 7.76. The molecule has 0 amide bonds. The number of furan rings is 1. The van der Waals surface area contributed by atoms with Crippen LogP contribution in [0.25, 0.3) is 22.1 Å². The van der Waals surface area contributed by atoms with Gasteiger partial charge >= 0.3 is 0 Å². The summed E-state index contributed by atoms with van der Waals surface area (Å²) in [6, 6.07) is 41.7. The molecule has 3 nitrogen and oxygen atoms in total. The van der Waals surface area contributed by atoms with Gasteiger partial charge in [0.1, 0.15) is 5.58 Å². The first-order chi connectivity index (χ1) is 34.4. The molecule has 0 saturated carbocycles. The Bertz CT molecular complexity index is 3490. The van der Waals surface area contributed by atoms with E-state index in [4.69, 9.17) is 4.42 Å². The van der Waals surface area contributed by atoms with Gasteiger partial charge in [0.05, 0.1) is 17.0 Å². The second-order valence-corrected chi connectivity index (χ2v) is 29.8. The van der Waals surface area contributed by atoms with Crippen molar-refractivity contribution in [3.63, 3.8) is 0 Å². The smallest absolute Gasteiger partial charge is 0.297 e. The minimum Gasteiger partial charge on any atom is -0.468 e. The highest BCUT2D eigenvalue weighted by Gasteiger charge is 2.50. The molecule has 0 fully saturated rings. The number of hydrogen-bond acceptors (Lipinski definition) is 3. The van der Waals surface area contributed by atoms with Crippen LogP contribution in [0.2, 0.25) is 0 Å². The molecule has 7 aromatic rings. The second kappa shape index (κ2) is 15.6. The molecule has 5 aliphatic rings. The van der Waals surface area contributed by atoms with Crippen molar-refractivity contribution < 1.29 is 4.42 Å². The Balaban J connectivity index is 1.25. The molecule has 0 bridgehead atoms. The largest absolute Gasteiger partial charge is 0.468 e. The number of hydrogen-bond donors (Lipinski definition) is 0. The average molecular weight is 979 g/mol. The lowest BCUT2D eigenvalue weighted by Gasteiger charge is -2.46. The van der Waals surface area contributed by atoms with Gasteiger partial charge in [-0.1, -0.05) is 173 Å². The Labute approximate surface area is 445 Å². The first-order valence-electron chi connectivity index (χ1n) is 28.3. The summed E-state index contributed by atoms with van der Waals surface area (Å²) in [4.78, 5) is 5.41. The van der Waals surface area contributed by atoms with Crippen LogP contribution in [0.3, 0.4) is 0 Å². The van der Waals surface area contributed by atoms with E-state index >= 15 is 0 Å². The van der Waals surface area contributed by atoms with E-state index in [1.807, 2.05) is 0 Å². The zero-order chi connectivity index (χ0) is 52.8. The van der Waals surface area contributed by atoms with Crippen molar-refractivity contribution in [3.8, 4) is 11.1 Å². The summed E-state index contributed by atoms with van der Waals surface area (Å²) in [5.74, 6) is 0. The predicted octanol–water partition coefficient (Wildman–Crippen LogP) is 17.8. The zero-order valence-corrected chi connectivity index (χ0v) is 48.4. The van der Waals surface area contributed by atoms with Crippen molar-refractivity contribution in [1.29, 1.82) is 0 Å². The van der Waals surface area contributed by atoms with Crippen LogP contribution in [0.5, 0.6) is 0 Å². The molecule has 6 aromatic carbocycles. The zero-order valence-electron chi connectivity index (χ0n) is 48.4. The van der Waals surface area contributed by atoms with Crippen LogP contribution in [0.15, 0.2) is 108 Å². The minimum absolute atomic E-state index is 0.00692. The van der Waals surface area contributed by atoms with Gasteiger partial charge in [0, 0.05) is 33.7 Å². The number of fused-ring (bicyclic) bond motifs is 9. The van der Waals surface area contributed by atoms with Gasteiger partial charge in [0.2, 0.25) is 0 Å². The molecule has 0 radical (unpaired) electrons. The molecule has 1 aromatic heterocycles. The predicted molar refractivity (Wildman–Crippen MR) is 319 cm³/mol. The van der Waals surface area contributed by atoms with E-state index < -0.39 is 0 Å². The highest BCUT2D eigenvalue weighted by atomic mass is 16.3. The number of anilines is 6. The van der Waals surface area contributed by atoms with E-state index in [9.17, 15) is 0 Å². The highest BCUT2D eigenvalue weighted by Crippen LogP contribution is 2.56. The molecule has 0 unspecified atom stereocenters. The first kappa shape index (κ1) is 49.4. The first-order valence-corrected chi connectivity index (χ1v) is 28.3. The van der Waals surface area contributed by atoms with Crippen LogP contribution < -0.4 is 26.4 Å². The van der Waals surface area contributed by atoms with E-state index in [0.717, 1.165) is 43.3 Å². The Morgan fingerprint density at radius 2 is 0.919 bits per heavy atom. The third-order valence-corrected chi connectivity index (χ3v) is 19.8. The van der Waals surface area contributed by atoms with Gasteiger partial charge in [-0.3, -0.25) is 0 Å². The van der Waals surface area contributed by atoms with Gasteiger partial charge in [0.15, 0.2) is 0 Å². The lowest BCUT2D eigenvalue weighted by Crippen LogP contribution is -2.61. The van der Waals surface area contributed by atoms with Gasteiger partial charge < -0.3 is 14.2 Å². The maximum Gasteiger partial charge on any atom is 0.297 e. The lowest BCUT2D eigenvalue weighted by atomic mass is 9.35. The summed E-state index contributed by atoms with van der Waals surface area (Å²) in [6.07, 6.45) is 6.96. The summed E-state index contributed by atoms with van der Waals surface area (Å²) in [6.45, 7) is 43.7. The Morgan fingerprint density at radius 1 is 0.432 bits per heavy atom. The van der Waals surface area contributed by atoms with Crippen LogP contribution >= 0.6 is 0 Å². The molecule has 0 N–H and O–H groups in total. The van der Waals surface area contributed by atoms with Gasteiger partial charge in [-0.05, 0) is 197 Å². The maximum absolute atomic E-state index is 7.76. The number of rotatable bonds is 3. The number of benzene rings is 6. The highest BCUT2D eigenvalue weighted by molar-refractivity contribution is 7.00. The van der Waals surface area contributed by atoms with Crippen LogP contribution in [0.4, 0.5) is 34.1 Å². The average Bonchev–Trinajstić information content (AvgIpc) is 3.76. The normalized spacial score (nSPS) is 20.3. The standard InChI is InChI=1S/C70H83BN2O/c1-63(2,3)43-24-27-54-56(34-43)73(55-40-52-50(67(11,12)30-32-69(52,15)16)38-46(55)42-22-20-19-21-23-42)58-36-44(64(4,5)6)35-57-60(58)71(54)62-61(47-39-51-53(41-59(47)74-62)70(17,18)33-31-68(51,13)14)72(57)45-25-26-48-49(37-45)66(9,10)29-28-65(48,7)8/h19-27,34-41H,28-33H2,1-18H3. The topological polar surface area (TPSA) is 19.6 Å². The van der Waals surface area contributed by atoms with E-state index in [-0.39, 0.29) is 50.0 Å². The van der Waals surface area contributed by atoms with Crippen molar-refractivity contribution in [2.24, 2.45) is 0 Å². The molecule has 0 atom stereocenters. The minimum atomic E-state index is -0.161. The van der Waals surface area contributed by atoms with E-state index in [2.05, 4.69) is 238 Å². The van der Waals surface area contributed by atoms with Crippen molar-refractivity contribution in [2.45, 2.75) is 206 Å². The summed E-state index contributed by atoms with van der Waals surface area (Å²) in [7, 11) is 0. The lowest BCUT2D eigenvalue weighted by molar-refractivity contribution is 0.332. The van der Waals surface area contributed by atoms with E-state index in [1.165, 1.54) is 112 Å². The Morgan fingerprint density at radius 3 is 1.49 bits per heavy atom. The fraction of sp³-hybridized carbons (Fsp3) is 0.457. The molecule has 74 heavy (non-hydrogen) atoms. The van der Waals surface area contributed by atoms with Crippen molar-refractivity contribution in [2.75, 3.05) is 9.80 Å². The Hall–Kier alpha value is -5.48. The number of nitrogens with zero attached hydrogens (tertiary/aromatic N) is 2. The third-order valence-electron chi connectivity index (χ3n) is 19.8. The third kappa shape index (κ3) is 7.32. The van der Waals surface area contributed by atoms with Crippen LogP contribution in [-0.2, 0) is 43.3 Å². The van der Waals surface area contributed by atoms with Crippen molar-refractivity contribution in [3.05, 3.63) is 148 Å². The van der Waals surface area contributed by atoms with Crippen molar-refractivity contribution >= 4 is 68.4 Å². The fourth-order valence-corrected chi connectivity index (χ4v) is 14.3. The van der Waals surface area contributed by atoms with E-state index in [0.29, 0.717) is 0 Å². The van der Waals surface area contributed by atoms with Gasteiger partial charge in [-0.25, -0.2) is 0 Å². The molecule has 3 heterocycles. The van der Waals surface area contributed by atoms with Crippen LogP contribution in [0, 0.1) is 0 Å². The van der Waals surface area contributed by atoms with Gasteiger partial charge in [0.25, 0.3) is 6.71 Å². The molecule has 0 saturated heterocycles. The van der Waals surface area contributed by atoms with Gasteiger partial charge in [-0.2, -0.15) is 0 Å². The van der Waals surface area contributed by atoms with Crippen LogP contribution in [0.1, 0.15) is 208 Å². The van der Waals surface area contributed by atoms with E-state index in [1.54, 1.807) is 0 Å². The monoisotopic (exact) mass is 979 g/mol. The molecule has 0 spiro atoms. The molecule has 4 heteroatoms. The molecule has 3 aliphatic carbocycles. The molecule has 382 valence electrons. The summed E-state index contributed by atoms with van der Waals surface area (Å²) >= 11 is 0. The molecule has 2 aliphatic heterocycles. The SMILES string of the molecule is CC(C)(C)c1ccc2c(c1)N(c1cc3c(cc1-c1ccccc1)C(C)(C)CCC3(C)C)c1cc(C(C)(C)C)cc3c1B2c1oc2cc4c(cc2c1N3c1ccc2c(c1)C(C)(C)CCC2(C)C)C(C)(C)CCC4(C)C. The quantitative estimate of drug-likeness (QED) is 0.165. The second-order valence-electron chi connectivity index (χ2n) is 29.8. The van der Waals surface area contributed by atoms with Crippen molar-refractivity contribution in [1.82, 2.24) is 0 Å². The molecular weight excluding hydrogens is 896 g/mol.